The highest BCUT2D eigenvalue weighted by atomic mass is 35.5. The molecule has 13 heavy (non-hydrogen) atoms. The molecule has 0 atom stereocenters. The molecule has 0 spiro atoms. The zero-order chi connectivity index (χ0) is 9.68. The topological polar surface area (TPSA) is 50.1 Å². The van der Waals surface area contributed by atoms with E-state index in [4.69, 9.17) is 21.6 Å². The van der Waals surface area contributed by atoms with Crippen molar-refractivity contribution in [2.75, 3.05) is 6.61 Å². The molecule has 4 heteroatoms. The maximum absolute atomic E-state index is 10.4. The molecule has 1 aromatic rings. The van der Waals surface area contributed by atoms with Crippen LogP contribution in [0.25, 0.3) is 0 Å². The molecule has 0 radical (unpaired) electrons. The van der Waals surface area contributed by atoms with Crippen molar-refractivity contribution in [2.45, 2.75) is 0 Å². The Morgan fingerprint density at radius 3 is 3.00 bits per heavy atom. The maximum Gasteiger partial charge on any atom is 0.174 e. The molecule has 0 bridgehead atoms. The Labute approximate surface area is 80.5 Å². The summed E-state index contributed by atoms with van der Waals surface area (Å²) in [6, 6.07) is 6.63. The number of hydrogen-bond acceptors (Lipinski definition) is 3. The molecule has 0 saturated carbocycles. The van der Waals surface area contributed by atoms with E-state index in [0.29, 0.717) is 17.6 Å². The van der Waals surface area contributed by atoms with Crippen LogP contribution in [-0.4, -0.2) is 12.9 Å². The average molecular weight is 196 g/mol. The first-order chi connectivity index (χ1) is 6.29. The number of nitriles is 1. The number of nitrogens with zero attached hydrogens (tertiary/aromatic N) is 1. The summed E-state index contributed by atoms with van der Waals surface area (Å²) in [5.41, 5.74) is 0.358. The minimum absolute atomic E-state index is 0.0813. The smallest absolute Gasteiger partial charge is 0.174 e. The normalized spacial score (nSPS) is 8.92. The van der Waals surface area contributed by atoms with Crippen LogP contribution in [0, 0.1) is 11.3 Å². The molecule has 0 heterocycles. The van der Waals surface area contributed by atoms with Gasteiger partial charge in [0, 0.05) is 5.56 Å². The number of ether oxygens (including phenoxy) is 1. The van der Waals surface area contributed by atoms with Crippen molar-refractivity contribution in [2.24, 2.45) is 0 Å². The summed E-state index contributed by atoms with van der Waals surface area (Å²) in [6.07, 6.45) is 0.640. The van der Waals surface area contributed by atoms with Crippen LogP contribution in [0.4, 0.5) is 0 Å². The highest BCUT2D eigenvalue weighted by Gasteiger charge is 2.05. The quantitative estimate of drug-likeness (QED) is 0.694. The fourth-order valence-electron chi connectivity index (χ4n) is 0.840. The summed E-state index contributed by atoms with van der Waals surface area (Å²) in [7, 11) is 0. The second-order valence-electron chi connectivity index (χ2n) is 2.22. The molecule has 0 aliphatic carbocycles. The summed E-state index contributed by atoms with van der Waals surface area (Å²) in [6.45, 7) is -0.0813. The Morgan fingerprint density at radius 2 is 2.38 bits per heavy atom. The van der Waals surface area contributed by atoms with Gasteiger partial charge in [-0.3, -0.25) is 4.79 Å². The Hall–Kier alpha value is -1.53. The average Bonchev–Trinajstić information content (AvgIpc) is 2.16. The summed E-state index contributed by atoms with van der Waals surface area (Å²) in [5, 5.41) is 8.50. The van der Waals surface area contributed by atoms with Gasteiger partial charge >= 0.3 is 0 Å². The summed E-state index contributed by atoms with van der Waals surface area (Å²) in [5.74, 6) is 0.354. The summed E-state index contributed by atoms with van der Waals surface area (Å²) < 4.78 is 4.98. The first kappa shape index (κ1) is 9.56. The van der Waals surface area contributed by atoms with Crippen molar-refractivity contribution in [1.29, 1.82) is 5.26 Å². The third-order valence-corrected chi connectivity index (χ3v) is 1.82. The minimum atomic E-state index is -0.0813. The summed E-state index contributed by atoms with van der Waals surface area (Å²) in [4.78, 5) is 10.4. The van der Waals surface area contributed by atoms with Crippen molar-refractivity contribution >= 4 is 17.9 Å². The van der Waals surface area contributed by atoms with Gasteiger partial charge in [-0.15, -0.1) is 0 Å². The lowest BCUT2D eigenvalue weighted by Crippen LogP contribution is -1.95. The van der Waals surface area contributed by atoms with Gasteiger partial charge in [0.15, 0.2) is 12.9 Å². The molecule has 0 saturated heterocycles. The fourth-order valence-corrected chi connectivity index (χ4v) is 1.07. The highest BCUT2D eigenvalue weighted by Crippen LogP contribution is 2.26. The first-order valence-corrected chi connectivity index (χ1v) is 3.91. The molecule has 3 nitrogen and oxygen atoms in total. The monoisotopic (exact) mass is 195 g/mol. The van der Waals surface area contributed by atoms with E-state index in [-0.39, 0.29) is 11.6 Å². The number of carbonyl (C=O) groups is 1. The Morgan fingerprint density at radius 1 is 1.62 bits per heavy atom. The lowest BCUT2D eigenvalue weighted by Gasteiger charge is -2.04. The van der Waals surface area contributed by atoms with Crippen molar-refractivity contribution in [3.8, 4) is 11.8 Å². The number of rotatable bonds is 3. The second kappa shape index (κ2) is 4.48. The lowest BCUT2D eigenvalue weighted by molar-refractivity contribution is 0.112. The van der Waals surface area contributed by atoms with E-state index in [9.17, 15) is 4.79 Å². The van der Waals surface area contributed by atoms with E-state index in [1.165, 1.54) is 0 Å². The Kier molecular flexibility index (Phi) is 3.30. The molecule has 0 amide bonds. The Balaban J connectivity index is 2.95. The molecule has 0 unspecified atom stereocenters. The van der Waals surface area contributed by atoms with Crippen LogP contribution in [0.15, 0.2) is 18.2 Å². The van der Waals surface area contributed by atoms with Crippen molar-refractivity contribution in [1.82, 2.24) is 0 Å². The van der Waals surface area contributed by atoms with Gasteiger partial charge in [0.2, 0.25) is 0 Å². The van der Waals surface area contributed by atoms with E-state index < -0.39 is 0 Å². The molecule has 0 aliphatic heterocycles. The number of aldehydes is 1. The molecular weight excluding hydrogens is 190 g/mol. The predicted octanol–water partition coefficient (Wildman–Crippen LogP) is 2.05. The largest absolute Gasteiger partial charge is 0.477 e. The van der Waals surface area contributed by atoms with Gasteiger partial charge in [-0.1, -0.05) is 17.7 Å². The third kappa shape index (κ3) is 2.20. The maximum atomic E-state index is 10.4. The standard InChI is InChI=1S/C9H6ClNO2/c10-9-7(6-12)2-1-3-8(9)13-5-4-11/h1-3,6H,5H2. The molecule has 0 fully saturated rings. The molecule has 0 aromatic heterocycles. The van der Waals surface area contributed by atoms with Gasteiger partial charge in [-0.05, 0) is 12.1 Å². The van der Waals surface area contributed by atoms with Crippen LogP contribution in [0.2, 0.25) is 5.02 Å². The van der Waals surface area contributed by atoms with E-state index in [2.05, 4.69) is 0 Å². The van der Waals surface area contributed by atoms with E-state index in [1.807, 2.05) is 6.07 Å². The van der Waals surface area contributed by atoms with Gasteiger partial charge < -0.3 is 4.74 Å². The molecule has 0 aliphatic rings. The molecule has 0 N–H and O–H groups in total. The number of carbonyl (C=O) groups excluding carboxylic acids is 1. The lowest BCUT2D eigenvalue weighted by atomic mass is 10.2. The number of hydrogen-bond donors (Lipinski definition) is 0. The zero-order valence-electron chi connectivity index (χ0n) is 6.66. The number of halogens is 1. The van der Waals surface area contributed by atoms with Gasteiger partial charge in [0.1, 0.15) is 11.8 Å². The predicted molar refractivity (Wildman–Crippen MR) is 47.9 cm³/mol. The van der Waals surface area contributed by atoms with Gasteiger partial charge in [-0.25, -0.2) is 0 Å². The second-order valence-corrected chi connectivity index (χ2v) is 2.60. The van der Waals surface area contributed by atoms with Crippen LogP contribution in [0.5, 0.6) is 5.75 Å². The van der Waals surface area contributed by atoms with Crippen molar-refractivity contribution in [3.63, 3.8) is 0 Å². The molecule has 1 rings (SSSR count). The third-order valence-electron chi connectivity index (χ3n) is 1.41. The molecular formula is C9H6ClNO2. The van der Waals surface area contributed by atoms with Crippen LogP contribution in [0.3, 0.4) is 0 Å². The Bertz CT molecular complexity index is 357. The summed E-state index contributed by atoms with van der Waals surface area (Å²) >= 11 is 5.78. The number of benzene rings is 1. The first-order valence-electron chi connectivity index (χ1n) is 3.53. The SMILES string of the molecule is N#CCOc1cccc(C=O)c1Cl. The minimum Gasteiger partial charge on any atom is -0.477 e. The molecule has 1 aromatic carbocycles. The fraction of sp³-hybridized carbons (Fsp3) is 0.111. The zero-order valence-corrected chi connectivity index (χ0v) is 7.41. The molecule has 66 valence electrons. The van der Waals surface area contributed by atoms with Crippen LogP contribution in [0.1, 0.15) is 10.4 Å². The van der Waals surface area contributed by atoms with E-state index >= 15 is 0 Å². The van der Waals surface area contributed by atoms with E-state index in [0.717, 1.165) is 0 Å². The van der Waals surface area contributed by atoms with Crippen molar-refractivity contribution in [3.05, 3.63) is 28.8 Å². The van der Waals surface area contributed by atoms with Crippen LogP contribution < -0.4 is 4.74 Å². The van der Waals surface area contributed by atoms with Gasteiger partial charge in [0.05, 0.1) is 5.02 Å². The van der Waals surface area contributed by atoms with Crippen LogP contribution >= 0.6 is 11.6 Å². The van der Waals surface area contributed by atoms with Crippen molar-refractivity contribution < 1.29 is 9.53 Å². The van der Waals surface area contributed by atoms with Crippen LogP contribution in [-0.2, 0) is 0 Å². The van der Waals surface area contributed by atoms with Gasteiger partial charge in [-0.2, -0.15) is 5.26 Å². The van der Waals surface area contributed by atoms with Gasteiger partial charge in [0.25, 0.3) is 0 Å². The van der Waals surface area contributed by atoms with E-state index in [1.54, 1.807) is 18.2 Å². The highest BCUT2D eigenvalue weighted by molar-refractivity contribution is 6.34.